The lowest BCUT2D eigenvalue weighted by Gasteiger charge is -1.99. The Morgan fingerprint density at radius 1 is 1.41 bits per heavy atom. The Balaban J connectivity index is 2.69. The highest BCUT2D eigenvalue weighted by Gasteiger charge is 2.26. The fraction of sp³-hybridized carbons (Fsp3) is 0.0909. The highest BCUT2D eigenvalue weighted by Crippen LogP contribution is 2.33. The number of aromatic nitrogens is 1. The van der Waals surface area contributed by atoms with Crippen molar-refractivity contribution >= 4 is 12.0 Å². The Morgan fingerprint density at radius 3 is 2.76 bits per heavy atom. The predicted molar refractivity (Wildman–Crippen MR) is 58.7 cm³/mol. The molecule has 2 aromatic rings. The Kier molecular flexibility index (Phi) is 2.70. The van der Waals surface area contributed by atoms with Gasteiger partial charge in [-0.1, -0.05) is 29.4 Å². The van der Waals surface area contributed by atoms with Gasteiger partial charge in [-0.05, 0) is 0 Å². The molecule has 0 atom stereocenters. The van der Waals surface area contributed by atoms with E-state index in [2.05, 4.69) is 5.16 Å². The fourth-order valence-electron chi connectivity index (χ4n) is 1.57. The molecule has 2 rings (SSSR count). The molecule has 0 amide bonds. The second-order valence-electron chi connectivity index (χ2n) is 3.40. The average molecular weight is 232 g/mol. The Morgan fingerprint density at radius 2 is 2.12 bits per heavy atom. The molecule has 0 aliphatic rings. The van der Waals surface area contributed by atoms with Crippen molar-refractivity contribution < 1.29 is 14.2 Å². The van der Waals surface area contributed by atoms with Crippen LogP contribution in [0, 0.1) is 17.0 Å². The number of carbonyl (C=O) groups excluding carboxylic acids is 1. The zero-order valence-electron chi connectivity index (χ0n) is 8.91. The standard InChI is InChI=1S/C11H8N2O4/c1-7-11(13(15)16)10(12-17-7)9-5-3-2-4-8(9)6-14/h2-6H,1H3. The van der Waals surface area contributed by atoms with Gasteiger partial charge in [-0.3, -0.25) is 14.9 Å². The topological polar surface area (TPSA) is 86.2 Å². The fourth-order valence-corrected chi connectivity index (χ4v) is 1.57. The van der Waals surface area contributed by atoms with Crippen LogP contribution in [0.15, 0.2) is 28.8 Å². The lowest BCUT2D eigenvalue weighted by Crippen LogP contribution is -1.93. The average Bonchev–Trinajstić information content (AvgIpc) is 2.71. The Hall–Kier alpha value is -2.50. The second-order valence-corrected chi connectivity index (χ2v) is 3.40. The summed E-state index contributed by atoms with van der Waals surface area (Å²) in [5, 5.41) is 14.5. The molecule has 6 heteroatoms. The molecular formula is C11H8N2O4. The van der Waals surface area contributed by atoms with E-state index in [4.69, 9.17) is 4.52 Å². The van der Waals surface area contributed by atoms with Crippen molar-refractivity contribution in [1.82, 2.24) is 5.16 Å². The number of carbonyl (C=O) groups is 1. The maximum absolute atomic E-state index is 10.9. The van der Waals surface area contributed by atoms with Crippen molar-refractivity contribution in [2.45, 2.75) is 6.92 Å². The maximum Gasteiger partial charge on any atom is 0.339 e. The smallest absolute Gasteiger partial charge is 0.339 e. The lowest BCUT2D eigenvalue weighted by molar-refractivity contribution is -0.385. The quantitative estimate of drug-likeness (QED) is 0.460. The van der Waals surface area contributed by atoms with Crippen molar-refractivity contribution in [2.75, 3.05) is 0 Å². The van der Waals surface area contributed by atoms with Gasteiger partial charge < -0.3 is 4.52 Å². The molecule has 0 saturated heterocycles. The van der Waals surface area contributed by atoms with Crippen molar-refractivity contribution in [3.8, 4) is 11.3 Å². The monoisotopic (exact) mass is 232 g/mol. The molecule has 0 saturated carbocycles. The number of hydrogen-bond donors (Lipinski definition) is 0. The van der Waals surface area contributed by atoms with Crippen molar-refractivity contribution in [2.24, 2.45) is 0 Å². The molecule has 17 heavy (non-hydrogen) atoms. The molecule has 1 heterocycles. The molecule has 1 aromatic heterocycles. The highest BCUT2D eigenvalue weighted by molar-refractivity contribution is 5.88. The van der Waals surface area contributed by atoms with E-state index in [1.165, 1.54) is 6.92 Å². The van der Waals surface area contributed by atoms with Crippen LogP contribution in [-0.4, -0.2) is 16.4 Å². The third-order valence-electron chi connectivity index (χ3n) is 2.36. The van der Waals surface area contributed by atoms with E-state index in [9.17, 15) is 14.9 Å². The minimum Gasteiger partial charge on any atom is -0.354 e. The number of hydrogen-bond acceptors (Lipinski definition) is 5. The van der Waals surface area contributed by atoms with Crippen LogP contribution in [0.5, 0.6) is 0 Å². The molecule has 0 N–H and O–H groups in total. The van der Waals surface area contributed by atoms with E-state index >= 15 is 0 Å². The van der Waals surface area contributed by atoms with Gasteiger partial charge in [0.2, 0.25) is 5.76 Å². The van der Waals surface area contributed by atoms with Crippen molar-refractivity contribution in [1.29, 1.82) is 0 Å². The number of aryl methyl sites for hydroxylation is 1. The molecule has 1 aromatic carbocycles. The van der Waals surface area contributed by atoms with Crippen molar-refractivity contribution in [3.63, 3.8) is 0 Å². The number of nitro groups is 1. The van der Waals surface area contributed by atoms with Gasteiger partial charge in [0.15, 0.2) is 12.0 Å². The third-order valence-corrected chi connectivity index (χ3v) is 2.36. The van der Waals surface area contributed by atoms with E-state index in [0.29, 0.717) is 17.4 Å². The molecule has 0 radical (unpaired) electrons. The first-order chi connectivity index (χ1) is 8.15. The van der Waals surface area contributed by atoms with E-state index < -0.39 is 4.92 Å². The highest BCUT2D eigenvalue weighted by atomic mass is 16.6. The van der Waals surface area contributed by atoms with Crippen LogP contribution in [0.3, 0.4) is 0 Å². The largest absolute Gasteiger partial charge is 0.354 e. The summed E-state index contributed by atoms with van der Waals surface area (Å²) in [5.41, 5.74) is 0.601. The Bertz CT molecular complexity index is 589. The van der Waals surface area contributed by atoms with Crippen LogP contribution in [0.1, 0.15) is 16.1 Å². The predicted octanol–water partition coefficient (Wildman–Crippen LogP) is 2.37. The number of rotatable bonds is 3. The summed E-state index contributed by atoms with van der Waals surface area (Å²) >= 11 is 0. The van der Waals surface area contributed by atoms with Gasteiger partial charge in [0.25, 0.3) is 0 Å². The van der Waals surface area contributed by atoms with Gasteiger partial charge in [0, 0.05) is 18.1 Å². The minimum atomic E-state index is -0.567. The summed E-state index contributed by atoms with van der Waals surface area (Å²) in [6, 6.07) is 6.51. The first kappa shape index (κ1) is 11.0. The van der Waals surface area contributed by atoms with E-state index in [1.807, 2.05) is 0 Å². The van der Waals surface area contributed by atoms with E-state index in [-0.39, 0.29) is 17.1 Å². The van der Waals surface area contributed by atoms with Gasteiger partial charge in [-0.15, -0.1) is 0 Å². The van der Waals surface area contributed by atoms with Crippen LogP contribution in [0.2, 0.25) is 0 Å². The minimum absolute atomic E-state index is 0.0789. The molecular weight excluding hydrogens is 224 g/mol. The number of benzene rings is 1. The van der Waals surface area contributed by atoms with Crippen LogP contribution < -0.4 is 0 Å². The summed E-state index contributed by atoms with van der Waals surface area (Å²) < 4.78 is 4.80. The lowest BCUT2D eigenvalue weighted by atomic mass is 10.0. The molecule has 0 bridgehead atoms. The van der Waals surface area contributed by atoms with Gasteiger partial charge in [0.05, 0.1) is 4.92 Å². The summed E-state index contributed by atoms with van der Waals surface area (Å²) in [6.45, 7) is 1.46. The number of aldehydes is 1. The van der Waals surface area contributed by atoms with Gasteiger partial charge >= 0.3 is 5.69 Å². The molecule has 6 nitrogen and oxygen atoms in total. The second kappa shape index (κ2) is 4.17. The van der Waals surface area contributed by atoms with Gasteiger partial charge in [-0.25, -0.2) is 0 Å². The van der Waals surface area contributed by atoms with Gasteiger partial charge in [-0.2, -0.15) is 0 Å². The van der Waals surface area contributed by atoms with Crippen LogP contribution in [0.25, 0.3) is 11.3 Å². The Labute approximate surface area is 96.0 Å². The first-order valence-electron chi connectivity index (χ1n) is 4.80. The normalized spacial score (nSPS) is 10.2. The maximum atomic E-state index is 10.9. The SMILES string of the molecule is Cc1onc(-c2ccccc2C=O)c1[N+](=O)[O-]. The molecule has 0 unspecified atom stereocenters. The van der Waals surface area contributed by atoms with E-state index in [1.54, 1.807) is 24.3 Å². The third kappa shape index (κ3) is 1.80. The molecule has 0 fully saturated rings. The van der Waals surface area contributed by atoms with Crippen LogP contribution in [0.4, 0.5) is 5.69 Å². The van der Waals surface area contributed by atoms with Crippen LogP contribution in [-0.2, 0) is 0 Å². The van der Waals surface area contributed by atoms with Crippen LogP contribution >= 0.6 is 0 Å². The first-order valence-corrected chi connectivity index (χ1v) is 4.80. The summed E-state index contributed by atoms with van der Waals surface area (Å²) in [4.78, 5) is 21.2. The molecule has 86 valence electrons. The van der Waals surface area contributed by atoms with E-state index in [0.717, 1.165) is 0 Å². The molecule has 0 aliphatic carbocycles. The molecule has 0 spiro atoms. The van der Waals surface area contributed by atoms with Crippen molar-refractivity contribution in [3.05, 3.63) is 45.7 Å². The summed E-state index contributed by atoms with van der Waals surface area (Å²) in [6.07, 6.45) is 0.628. The molecule has 0 aliphatic heterocycles. The zero-order chi connectivity index (χ0) is 12.4. The zero-order valence-corrected chi connectivity index (χ0v) is 8.91. The summed E-state index contributed by atoms with van der Waals surface area (Å²) in [5.74, 6) is 0.116. The number of nitrogens with zero attached hydrogens (tertiary/aromatic N) is 2. The van der Waals surface area contributed by atoms with Gasteiger partial charge in [0.1, 0.15) is 0 Å². The summed E-state index contributed by atoms with van der Waals surface area (Å²) in [7, 11) is 0.